The van der Waals surface area contributed by atoms with E-state index in [9.17, 15) is 13.2 Å². The van der Waals surface area contributed by atoms with Gasteiger partial charge in [-0.2, -0.15) is 0 Å². The van der Waals surface area contributed by atoms with Gasteiger partial charge in [0.05, 0.1) is 7.11 Å². The third-order valence-corrected chi connectivity index (χ3v) is 6.32. The molecule has 5 nitrogen and oxygen atoms in total. The number of hydrogen-bond acceptors (Lipinski definition) is 5. The van der Waals surface area contributed by atoms with E-state index in [4.69, 9.17) is 0 Å². The Kier molecular flexibility index (Phi) is 4.89. The molecule has 0 atom stereocenters. The van der Waals surface area contributed by atoms with Gasteiger partial charge >= 0.3 is 5.97 Å². The molecule has 0 aliphatic rings. The lowest BCUT2D eigenvalue weighted by atomic mass is 10.2. The van der Waals surface area contributed by atoms with E-state index < -0.39 is 16.0 Å². The second kappa shape index (κ2) is 6.32. The molecule has 0 aliphatic heterocycles. The Bertz CT molecular complexity index is 783. The van der Waals surface area contributed by atoms with E-state index in [1.54, 1.807) is 17.5 Å². The molecule has 0 amide bonds. The van der Waals surface area contributed by atoms with Crippen LogP contribution < -0.4 is 4.72 Å². The Morgan fingerprint density at radius 3 is 2.67 bits per heavy atom. The molecule has 1 aromatic carbocycles. The second-order valence-electron chi connectivity index (χ2n) is 4.18. The lowest BCUT2D eigenvalue weighted by Crippen LogP contribution is -2.15. The summed E-state index contributed by atoms with van der Waals surface area (Å²) in [5.41, 5.74) is 1.51. The van der Waals surface area contributed by atoms with Crippen LogP contribution in [0.3, 0.4) is 0 Å². The smallest absolute Gasteiger partial charge is 0.349 e. The molecule has 1 aromatic heterocycles. The SMILES string of the molecule is COC(=O)c1sccc1S(=O)(=O)Nc1ccc(C)c(I)c1. The van der Waals surface area contributed by atoms with Crippen LogP contribution in [0.4, 0.5) is 5.69 Å². The van der Waals surface area contributed by atoms with Gasteiger partial charge < -0.3 is 4.74 Å². The minimum atomic E-state index is -3.83. The van der Waals surface area contributed by atoms with Crippen LogP contribution in [0, 0.1) is 10.5 Å². The molecule has 0 bridgehead atoms. The van der Waals surface area contributed by atoms with E-state index in [1.165, 1.54) is 13.2 Å². The molecule has 0 unspecified atom stereocenters. The fraction of sp³-hybridized carbons (Fsp3) is 0.154. The first kappa shape index (κ1) is 16.2. The predicted molar refractivity (Wildman–Crippen MR) is 90.4 cm³/mol. The Balaban J connectivity index is 2.37. The number of carbonyl (C=O) groups excluding carboxylic acids is 1. The first-order valence-corrected chi connectivity index (χ1v) is 9.24. The highest BCUT2D eigenvalue weighted by Crippen LogP contribution is 2.26. The highest BCUT2D eigenvalue weighted by Gasteiger charge is 2.24. The zero-order valence-electron chi connectivity index (χ0n) is 11.2. The summed E-state index contributed by atoms with van der Waals surface area (Å²) >= 11 is 3.16. The van der Waals surface area contributed by atoms with Gasteiger partial charge in [0.25, 0.3) is 10.0 Å². The van der Waals surface area contributed by atoms with Crippen molar-refractivity contribution in [2.45, 2.75) is 11.8 Å². The molecule has 1 heterocycles. The van der Waals surface area contributed by atoms with Crippen molar-refractivity contribution in [2.24, 2.45) is 0 Å². The number of thiophene rings is 1. The summed E-state index contributed by atoms with van der Waals surface area (Å²) < 4.78 is 32.8. The number of carbonyl (C=O) groups is 1. The van der Waals surface area contributed by atoms with Gasteiger partial charge in [0.2, 0.25) is 0 Å². The number of methoxy groups -OCH3 is 1. The molecule has 0 fully saturated rings. The van der Waals surface area contributed by atoms with Crippen molar-refractivity contribution in [3.05, 3.63) is 43.7 Å². The normalized spacial score (nSPS) is 11.2. The van der Waals surface area contributed by atoms with Crippen LogP contribution in [0.15, 0.2) is 34.5 Å². The van der Waals surface area contributed by atoms with Gasteiger partial charge in [0.15, 0.2) is 0 Å². The van der Waals surface area contributed by atoms with Gasteiger partial charge in [-0.3, -0.25) is 4.72 Å². The molecule has 0 aliphatic carbocycles. The van der Waals surface area contributed by atoms with Crippen molar-refractivity contribution < 1.29 is 17.9 Å². The minimum Gasteiger partial charge on any atom is -0.465 e. The minimum absolute atomic E-state index is 0.0619. The number of anilines is 1. The van der Waals surface area contributed by atoms with Gasteiger partial charge in [-0.15, -0.1) is 11.3 Å². The quantitative estimate of drug-likeness (QED) is 0.589. The maximum atomic E-state index is 12.4. The molecule has 112 valence electrons. The molecule has 0 saturated carbocycles. The van der Waals surface area contributed by atoms with Gasteiger partial charge in [-0.05, 0) is 58.7 Å². The second-order valence-corrected chi connectivity index (χ2v) is 7.90. The average Bonchev–Trinajstić information content (AvgIpc) is 2.92. The number of benzene rings is 1. The van der Waals surface area contributed by atoms with E-state index in [2.05, 4.69) is 32.0 Å². The van der Waals surface area contributed by atoms with E-state index in [0.717, 1.165) is 20.5 Å². The lowest BCUT2D eigenvalue weighted by molar-refractivity contribution is 0.0602. The van der Waals surface area contributed by atoms with Crippen molar-refractivity contribution >= 4 is 55.6 Å². The lowest BCUT2D eigenvalue weighted by Gasteiger charge is -2.09. The molecule has 2 rings (SSSR count). The molecular weight excluding hydrogens is 425 g/mol. The standard InChI is InChI=1S/C13H12INO4S2/c1-8-3-4-9(7-10(8)14)15-21(17,18)11-5-6-20-12(11)13(16)19-2/h3-7,15H,1-2H3. The van der Waals surface area contributed by atoms with Gasteiger partial charge in [-0.25, -0.2) is 13.2 Å². The van der Waals surface area contributed by atoms with Crippen molar-refractivity contribution in [3.8, 4) is 0 Å². The molecule has 21 heavy (non-hydrogen) atoms. The summed E-state index contributed by atoms with van der Waals surface area (Å²) in [4.78, 5) is 11.6. The fourth-order valence-corrected chi connectivity index (χ4v) is 4.52. The highest BCUT2D eigenvalue weighted by molar-refractivity contribution is 14.1. The van der Waals surface area contributed by atoms with Crippen LogP contribution >= 0.6 is 33.9 Å². The van der Waals surface area contributed by atoms with Gasteiger partial charge in [-0.1, -0.05) is 6.07 Å². The number of nitrogens with one attached hydrogen (secondary N) is 1. The zero-order valence-corrected chi connectivity index (χ0v) is 15.0. The first-order chi connectivity index (χ1) is 9.85. The third-order valence-electron chi connectivity index (χ3n) is 2.71. The molecule has 8 heteroatoms. The van der Waals surface area contributed by atoms with Crippen molar-refractivity contribution in [3.63, 3.8) is 0 Å². The van der Waals surface area contributed by atoms with Crippen molar-refractivity contribution in [2.75, 3.05) is 11.8 Å². The van der Waals surface area contributed by atoms with Crippen LogP contribution in [0.25, 0.3) is 0 Å². The number of ether oxygens (including phenoxy) is 1. The molecule has 0 spiro atoms. The Morgan fingerprint density at radius 1 is 1.33 bits per heavy atom. The average molecular weight is 437 g/mol. The number of halogens is 1. The maximum absolute atomic E-state index is 12.4. The molecule has 2 aromatic rings. The monoisotopic (exact) mass is 437 g/mol. The maximum Gasteiger partial charge on any atom is 0.349 e. The zero-order chi connectivity index (χ0) is 15.6. The Morgan fingerprint density at radius 2 is 2.05 bits per heavy atom. The van der Waals surface area contributed by atoms with Crippen LogP contribution in [0.5, 0.6) is 0 Å². The van der Waals surface area contributed by atoms with Crippen LogP contribution in [-0.2, 0) is 14.8 Å². The number of rotatable bonds is 4. The van der Waals surface area contributed by atoms with Crippen LogP contribution in [0.1, 0.15) is 15.2 Å². The molecule has 0 radical (unpaired) electrons. The number of aryl methyl sites for hydroxylation is 1. The number of hydrogen-bond donors (Lipinski definition) is 1. The summed E-state index contributed by atoms with van der Waals surface area (Å²) in [6.45, 7) is 1.94. The topological polar surface area (TPSA) is 72.5 Å². The van der Waals surface area contributed by atoms with Crippen molar-refractivity contribution in [1.82, 2.24) is 0 Å². The van der Waals surface area contributed by atoms with E-state index in [0.29, 0.717) is 5.69 Å². The molecule has 0 saturated heterocycles. The molecular formula is C13H12INO4S2. The number of sulfonamides is 1. The van der Waals surface area contributed by atoms with E-state index in [-0.39, 0.29) is 9.77 Å². The summed E-state index contributed by atoms with van der Waals surface area (Å²) in [6.07, 6.45) is 0. The Labute approximate surface area is 140 Å². The number of esters is 1. The summed E-state index contributed by atoms with van der Waals surface area (Å²) in [5, 5.41) is 1.54. The van der Waals surface area contributed by atoms with Crippen LogP contribution in [0.2, 0.25) is 0 Å². The van der Waals surface area contributed by atoms with E-state index in [1.807, 2.05) is 13.0 Å². The van der Waals surface area contributed by atoms with E-state index >= 15 is 0 Å². The Hall–Kier alpha value is -1.13. The third kappa shape index (κ3) is 3.55. The predicted octanol–water partition coefficient (Wildman–Crippen LogP) is 3.25. The summed E-state index contributed by atoms with van der Waals surface area (Å²) in [5.74, 6) is -0.663. The van der Waals surface area contributed by atoms with Crippen molar-refractivity contribution in [1.29, 1.82) is 0 Å². The molecule has 1 N–H and O–H groups in total. The summed E-state index contributed by atoms with van der Waals surface area (Å²) in [7, 11) is -2.61. The summed E-state index contributed by atoms with van der Waals surface area (Å²) in [6, 6.07) is 6.63. The van der Waals surface area contributed by atoms with Gasteiger partial charge in [0, 0.05) is 9.26 Å². The highest BCUT2D eigenvalue weighted by atomic mass is 127. The van der Waals surface area contributed by atoms with Gasteiger partial charge in [0.1, 0.15) is 9.77 Å². The van der Waals surface area contributed by atoms with Crippen LogP contribution in [-0.4, -0.2) is 21.5 Å². The largest absolute Gasteiger partial charge is 0.465 e. The first-order valence-electron chi connectivity index (χ1n) is 5.80. The fourth-order valence-electron chi connectivity index (χ4n) is 1.62.